The van der Waals surface area contributed by atoms with Crippen molar-refractivity contribution in [3.63, 3.8) is 0 Å². The molecule has 2 nitrogen and oxygen atoms in total. The zero-order valence-corrected chi connectivity index (χ0v) is 9.53. The lowest BCUT2D eigenvalue weighted by Crippen LogP contribution is -2.42. The van der Waals surface area contributed by atoms with Crippen LogP contribution in [0.2, 0.25) is 0 Å². The van der Waals surface area contributed by atoms with Crippen LogP contribution in [0.3, 0.4) is 0 Å². The molecule has 0 fully saturated rings. The van der Waals surface area contributed by atoms with Crippen LogP contribution in [-0.4, -0.2) is 19.3 Å². The van der Waals surface area contributed by atoms with E-state index in [4.69, 9.17) is 0 Å². The summed E-state index contributed by atoms with van der Waals surface area (Å²) < 4.78 is 0. The highest BCUT2D eigenvalue weighted by atomic mass is 15.1. The molecule has 0 radical (unpaired) electrons. The first-order valence-corrected chi connectivity index (χ1v) is 5.81. The molecule has 0 unspecified atom stereocenters. The van der Waals surface area contributed by atoms with Gasteiger partial charge in [-0.15, -0.1) is 0 Å². The second kappa shape index (κ2) is 10.0. The molecule has 0 bridgehead atoms. The molecular formula is C11H26N2. The summed E-state index contributed by atoms with van der Waals surface area (Å²) in [7, 11) is 0. The zero-order valence-electron chi connectivity index (χ0n) is 9.53. The minimum absolute atomic E-state index is 0.526. The highest BCUT2D eigenvalue weighted by Gasteiger charge is 2.01. The van der Waals surface area contributed by atoms with Crippen molar-refractivity contribution in [2.24, 2.45) is 0 Å². The van der Waals surface area contributed by atoms with Crippen LogP contribution in [0, 0.1) is 0 Å². The summed E-state index contributed by atoms with van der Waals surface area (Å²) in [6.45, 7) is 8.98. The summed E-state index contributed by atoms with van der Waals surface area (Å²) in [5, 5.41) is 7.04. The van der Waals surface area contributed by atoms with E-state index in [1.807, 2.05) is 0 Å². The molecular weight excluding hydrogens is 160 g/mol. The molecule has 0 spiro atoms. The molecule has 80 valence electrons. The molecule has 13 heavy (non-hydrogen) atoms. The minimum Gasteiger partial charge on any atom is -0.302 e. The van der Waals surface area contributed by atoms with Gasteiger partial charge in [0.05, 0.1) is 6.17 Å². The third kappa shape index (κ3) is 8.26. The third-order valence-corrected chi connectivity index (χ3v) is 2.25. The SMILES string of the molecule is CCCCNC(CC)NCCCC. The average molecular weight is 186 g/mol. The lowest BCUT2D eigenvalue weighted by molar-refractivity contribution is 0.406. The van der Waals surface area contributed by atoms with Crippen LogP contribution in [0.5, 0.6) is 0 Å². The van der Waals surface area contributed by atoms with E-state index in [-0.39, 0.29) is 0 Å². The topological polar surface area (TPSA) is 24.1 Å². The molecule has 0 saturated heterocycles. The summed E-state index contributed by atoms with van der Waals surface area (Å²) in [6.07, 6.45) is 6.82. The van der Waals surface area contributed by atoms with Crippen molar-refractivity contribution in [1.29, 1.82) is 0 Å². The molecule has 2 heteroatoms. The van der Waals surface area contributed by atoms with Crippen LogP contribution in [-0.2, 0) is 0 Å². The van der Waals surface area contributed by atoms with Gasteiger partial charge in [-0.2, -0.15) is 0 Å². The first-order valence-electron chi connectivity index (χ1n) is 5.81. The molecule has 2 N–H and O–H groups in total. The first kappa shape index (κ1) is 12.9. The van der Waals surface area contributed by atoms with Gasteiger partial charge < -0.3 is 10.6 Å². The lowest BCUT2D eigenvalue weighted by atomic mass is 10.3. The van der Waals surface area contributed by atoms with E-state index in [2.05, 4.69) is 31.4 Å². The summed E-state index contributed by atoms with van der Waals surface area (Å²) >= 11 is 0. The Kier molecular flexibility index (Phi) is 9.94. The maximum Gasteiger partial charge on any atom is 0.0568 e. The highest BCUT2D eigenvalue weighted by molar-refractivity contribution is 4.61. The number of unbranched alkanes of at least 4 members (excludes halogenated alkanes) is 2. The molecule has 0 heterocycles. The van der Waals surface area contributed by atoms with Gasteiger partial charge in [0.25, 0.3) is 0 Å². The Bertz CT molecular complexity index is 84.1. The quantitative estimate of drug-likeness (QED) is 0.427. The Balaban J connectivity index is 3.28. The molecule has 0 aliphatic carbocycles. The van der Waals surface area contributed by atoms with Crippen LogP contribution >= 0.6 is 0 Å². The third-order valence-electron chi connectivity index (χ3n) is 2.25. The first-order chi connectivity index (χ1) is 6.35. The second-order valence-corrected chi connectivity index (χ2v) is 3.58. The molecule has 0 aliphatic heterocycles. The zero-order chi connectivity index (χ0) is 9.94. The molecule has 0 aromatic rings. The Hall–Kier alpha value is -0.0800. The Labute approximate surface area is 83.5 Å². The fourth-order valence-corrected chi connectivity index (χ4v) is 1.27. The van der Waals surface area contributed by atoms with E-state index in [1.54, 1.807) is 0 Å². The van der Waals surface area contributed by atoms with Gasteiger partial charge in [-0.05, 0) is 32.4 Å². The predicted octanol–water partition coefficient (Wildman–Crippen LogP) is 2.50. The van der Waals surface area contributed by atoms with Crippen LogP contribution in [0.15, 0.2) is 0 Å². The van der Waals surface area contributed by atoms with Crippen molar-refractivity contribution in [1.82, 2.24) is 10.6 Å². The average Bonchev–Trinajstić information content (AvgIpc) is 2.16. The summed E-state index contributed by atoms with van der Waals surface area (Å²) in [6, 6.07) is 0. The summed E-state index contributed by atoms with van der Waals surface area (Å²) in [5.74, 6) is 0. The summed E-state index contributed by atoms with van der Waals surface area (Å²) in [4.78, 5) is 0. The molecule has 0 atom stereocenters. The normalized spacial score (nSPS) is 11.1. The molecule has 0 aliphatic rings. The van der Waals surface area contributed by atoms with Gasteiger partial charge in [-0.3, -0.25) is 0 Å². The second-order valence-electron chi connectivity index (χ2n) is 3.58. The minimum atomic E-state index is 0.526. The van der Waals surface area contributed by atoms with Gasteiger partial charge in [0.15, 0.2) is 0 Å². The Morgan fingerprint density at radius 2 is 1.31 bits per heavy atom. The van der Waals surface area contributed by atoms with Crippen LogP contribution in [0.25, 0.3) is 0 Å². The number of nitrogens with one attached hydrogen (secondary N) is 2. The van der Waals surface area contributed by atoms with Crippen molar-refractivity contribution < 1.29 is 0 Å². The smallest absolute Gasteiger partial charge is 0.0568 e. The molecule has 0 aromatic carbocycles. The van der Waals surface area contributed by atoms with Gasteiger partial charge in [-0.1, -0.05) is 33.6 Å². The van der Waals surface area contributed by atoms with Crippen molar-refractivity contribution >= 4 is 0 Å². The molecule has 0 amide bonds. The number of hydrogen-bond donors (Lipinski definition) is 2. The van der Waals surface area contributed by atoms with Crippen LogP contribution < -0.4 is 10.6 Å². The Morgan fingerprint density at radius 3 is 1.62 bits per heavy atom. The predicted molar refractivity (Wildman–Crippen MR) is 59.9 cm³/mol. The summed E-state index contributed by atoms with van der Waals surface area (Å²) in [5.41, 5.74) is 0. The van der Waals surface area contributed by atoms with E-state index in [9.17, 15) is 0 Å². The van der Waals surface area contributed by atoms with Gasteiger partial charge in [0, 0.05) is 0 Å². The van der Waals surface area contributed by atoms with E-state index in [1.165, 1.54) is 32.1 Å². The van der Waals surface area contributed by atoms with Gasteiger partial charge in [-0.25, -0.2) is 0 Å². The van der Waals surface area contributed by atoms with Crippen LogP contribution in [0.4, 0.5) is 0 Å². The fraction of sp³-hybridized carbons (Fsp3) is 1.00. The van der Waals surface area contributed by atoms with Crippen molar-refractivity contribution in [3.05, 3.63) is 0 Å². The number of hydrogen-bond acceptors (Lipinski definition) is 2. The van der Waals surface area contributed by atoms with Crippen LogP contribution in [0.1, 0.15) is 52.9 Å². The van der Waals surface area contributed by atoms with E-state index in [0.717, 1.165) is 13.1 Å². The standard InChI is InChI=1S/C11H26N2/c1-4-7-9-12-11(6-3)13-10-8-5-2/h11-13H,4-10H2,1-3H3. The maximum atomic E-state index is 3.52. The van der Waals surface area contributed by atoms with E-state index in [0.29, 0.717) is 6.17 Å². The van der Waals surface area contributed by atoms with Gasteiger partial charge in [0.1, 0.15) is 0 Å². The molecule has 0 aromatic heterocycles. The van der Waals surface area contributed by atoms with Gasteiger partial charge >= 0.3 is 0 Å². The van der Waals surface area contributed by atoms with Crippen molar-refractivity contribution in [3.8, 4) is 0 Å². The monoisotopic (exact) mass is 186 g/mol. The highest BCUT2D eigenvalue weighted by Crippen LogP contribution is 1.90. The number of rotatable bonds is 9. The van der Waals surface area contributed by atoms with Gasteiger partial charge in [0.2, 0.25) is 0 Å². The lowest BCUT2D eigenvalue weighted by Gasteiger charge is -2.18. The molecule has 0 rings (SSSR count). The van der Waals surface area contributed by atoms with E-state index >= 15 is 0 Å². The van der Waals surface area contributed by atoms with E-state index < -0.39 is 0 Å². The maximum absolute atomic E-state index is 3.52. The largest absolute Gasteiger partial charge is 0.302 e. The fourth-order valence-electron chi connectivity index (χ4n) is 1.27. The van der Waals surface area contributed by atoms with Crippen molar-refractivity contribution in [2.45, 2.75) is 59.0 Å². The molecule has 0 saturated carbocycles. The Morgan fingerprint density at radius 1 is 0.846 bits per heavy atom. The van der Waals surface area contributed by atoms with Crippen molar-refractivity contribution in [2.75, 3.05) is 13.1 Å².